The number of nitrogens with zero attached hydrogens (tertiary/aromatic N) is 1. The van der Waals surface area contributed by atoms with Gasteiger partial charge in [0, 0.05) is 30.3 Å². The van der Waals surface area contributed by atoms with Crippen molar-refractivity contribution in [2.24, 2.45) is 0 Å². The van der Waals surface area contributed by atoms with Crippen LogP contribution in [0.3, 0.4) is 0 Å². The molecule has 0 radical (unpaired) electrons. The molecule has 1 N–H and O–H groups in total. The zero-order valence-electron chi connectivity index (χ0n) is 27.2. The SMILES string of the molecule is COc1ccc2cc1Oc1ccc(cc1)C1NCCc3cc(OC)c(cc31)Oc1c(OC)c(OC)c(OC)c3c1C(C2)N(C)CC3. The number of ether oxygens (including phenoxy) is 7. The molecule has 4 aliphatic rings. The molecule has 0 saturated carbocycles. The number of likely N-dealkylation sites (N-methyl/N-ethyl adjacent to an activating group) is 1. The van der Waals surface area contributed by atoms with Crippen molar-refractivity contribution < 1.29 is 33.2 Å². The molecule has 0 aromatic heterocycles. The summed E-state index contributed by atoms with van der Waals surface area (Å²) >= 11 is 0. The molecule has 8 rings (SSSR count). The second-order valence-electron chi connectivity index (χ2n) is 11.9. The predicted octanol–water partition coefficient (Wildman–Crippen LogP) is 6.63. The predicted molar refractivity (Wildman–Crippen MR) is 175 cm³/mol. The van der Waals surface area contributed by atoms with E-state index in [4.69, 9.17) is 33.2 Å². The molecule has 240 valence electrons. The molecule has 0 spiro atoms. The highest BCUT2D eigenvalue weighted by atomic mass is 16.6. The van der Waals surface area contributed by atoms with Crippen LogP contribution >= 0.6 is 0 Å². The average Bonchev–Trinajstić information content (AvgIpc) is 3.08. The summed E-state index contributed by atoms with van der Waals surface area (Å²) < 4.78 is 43.2. The summed E-state index contributed by atoms with van der Waals surface area (Å²) in [5, 5.41) is 3.71. The number of hydrogen-bond donors (Lipinski definition) is 1. The molecule has 6 bridgehead atoms. The maximum atomic E-state index is 7.02. The van der Waals surface area contributed by atoms with Crippen LogP contribution in [0.5, 0.6) is 51.7 Å². The van der Waals surface area contributed by atoms with E-state index in [-0.39, 0.29) is 12.1 Å². The van der Waals surface area contributed by atoms with Crippen molar-refractivity contribution >= 4 is 0 Å². The second-order valence-corrected chi connectivity index (χ2v) is 11.9. The van der Waals surface area contributed by atoms with E-state index in [1.165, 1.54) is 5.56 Å². The first kappa shape index (κ1) is 30.1. The maximum Gasteiger partial charge on any atom is 0.208 e. The fourth-order valence-corrected chi connectivity index (χ4v) is 7.15. The van der Waals surface area contributed by atoms with E-state index >= 15 is 0 Å². The Labute approximate surface area is 269 Å². The van der Waals surface area contributed by atoms with Crippen LogP contribution in [0.4, 0.5) is 0 Å². The molecule has 0 amide bonds. The van der Waals surface area contributed by atoms with Crippen molar-refractivity contribution in [3.63, 3.8) is 0 Å². The first-order valence-electron chi connectivity index (χ1n) is 15.6. The molecule has 9 nitrogen and oxygen atoms in total. The Balaban J connectivity index is 1.52. The highest BCUT2D eigenvalue weighted by Crippen LogP contribution is 2.56. The lowest BCUT2D eigenvalue weighted by atomic mass is 9.86. The van der Waals surface area contributed by atoms with Gasteiger partial charge in [0.2, 0.25) is 11.5 Å². The molecule has 0 aliphatic carbocycles. The summed E-state index contributed by atoms with van der Waals surface area (Å²) in [6.07, 6.45) is 2.30. The van der Waals surface area contributed by atoms with Gasteiger partial charge in [-0.1, -0.05) is 18.2 Å². The maximum absolute atomic E-state index is 7.02. The smallest absolute Gasteiger partial charge is 0.208 e. The Morgan fingerprint density at radius 1 is 0.739 bits per heavy atom. The molecule has 46 heavy (non-hydrogen) atoms. The Kier molecular flexibility index (Phi) is 8.04. The third-order valence-electron chi connectivity index (χ3n) is 9.44. The molecular weight excluding hydrogens is 584 g/mol. The first-order valence-corrected chi connectivity index (χ1v) is 15.6. The van der Waals surface area contributed by atoms with E-state index in [9.17, 15) is 0 Å². The van der Waals surface area contributed by atoms with Crippen LogP contribution in [0.1, 0.15) is 45.5 Å². The van der Waals surface area contributed by atoms with Gasteiger partial charge >= 0.3 is 0 Å². The van der Waals surface area contributed by atoms with Crippen molar-refractivity contribution in [2.75, 3.05) is 55.7 Å². The quantitative estimate of drug-likeness (QED) is 0.263. The molecule has 0 saturated heterocycles. The fourth-order valence-electron chi connectivity index (χ4n) is 7.15. The van der Waals surface area contributed by atoms with Gasteiger partial charge in [0.15, 0.2) is 34.5 Å². The third kappa shape index (κ3) is 5.04. The highest BCUT2D eigenvalue weighted by Gasteiger charge is 2.37. The van der Waals surface area contributed by atoms with Crippen LogP contribution in [0, 0.1) is 0 Å². The lowest BCUT2D eigenvalue weighted by Crippen LogP contribution is -2.34. The average molecular weight is 625 g/mol. The van der Waals surface area contributed by atoms with Gasteiger partial charge in [-0.2, -0.15) is 0 Å². The zero-order chi connectivity index (χ0) is 31.9. The summed E-state index contributed by atoms with van der Waals surface area (Å²) in [6.45, 7) is 1.67. The lowest BCUT2D eigenvalue weighted by Gasteiger charge is -2.37. The van der Waals surface area contributed by atoms with Crippen molar-refractivity contribution in [2.45, 2.75) is 31.3 Å². The Morgan fingerprint density at radius 2 is 1.48 bits per heavy atom. The van der Waals surface area contributed by atoms with Crippen LogP contribution in [-0.4, -0.2) is 60.6 Å². The van der Waals surface area contributed by atoms with Gasteiger partial charge in [0.1, 0.15) is 5.75 Å². The van der Waals surface area contributed by atoms with E-state index in [2.05, 4.69) is 53.7 Å². The van der Waals surface area contributed by atoms with Gasteiger partial charge in [0.05, 0.1) is 41.6 Å². The van der Waals surface area contributed by atoms with E-state index in [0.29, 0.717) is 52.4 Å². The number of nitrogens with one attached hydrogen (secondary N) is 1. The standard InChI is InChI=1S/C37H40N2O7/c1-39-16-14-25-32-27(39)17-21-7-12-28(40-2)30(18-21)45-24-10-8-22(9-11-24)33-26-20-31(29(41-3)19-23(26)13-15-38-33)46-35(32)37(44-6)36(43-5)34(25)42-4/h7-12,18-20,27,33,38H,13-17H2,1-6H3. The van der Waals surface area contributed by atoms with E-state index in [1.807, 2.05) is 18.2 Å². The number of benzene rings is 4. The van der Waals surface area contributed by atoms with Gasteiger partial charge in [-0.3, -0.25) is 4.90 Å². The van der Waals surface area contributed by atoms with Crippen LogP contribution in [0.25, 0.3) is 0 Å². The number of rotatable bonds is 5. The number of methoxy groups -OCH3 is 5. The van der Waals surface area contributed by atoms with Crippen LogP contribution in [0.2, 0.25) is 0 Å². The summed E-state index contributed by atoms with van der Waals surface area (Å²) in [4.78, 5) is 2.35. The van der Waals surface area contributed by atoms with Gasteiger partial charge in [-0.05, 0) is 85.0 Å². The Hall–Kier alpha value is -4.60. The van der Waals surface area contributed by atoms with Gasteiger partial charge in [-0.25, -0.2) is 0 Å². The van der Waals surface area contributed by atoms with Crippen molar-refractivity contribution in [1.29, 1.82) is 0 Å². The Morgan fingerprint density at radius 3 is 2.20 bits per heavy atom. The minimum atomic E-state index is -0.0821. The number of fused-ring (bicyclic) bond motifs is 2. The monoisotopic (exact) mass is 624 g/mol. The van der Waals surface area contributed by atoms with Gasteiger partial charge < -0.3 is 38.5 Å². The molecule has 2 atom stereocenters. The molecule has 4 aliphatic heterocycles. The van der Waals surface area contributed by atoms with E-state index < -0.39 is 0 Å². The molecule has 0 fully saturated rings. The minimum Gasteiger partial charge on any atom is -0.493 e. The summed E-state index contributed by atoms with van der Waals surface area (Å²) in [5.41, 5.74) is 6.58. The summed E-state index contributed by atoms with van der Waals surface area (Å²) in [5.74, 6) is 5.55. The molecule has 9 heteroatoms. The number of hydrogen-bond acceptors (Lipinski definition) is 9. The minimum absolute atomic E-state index is 0.0419. The molecule has 2 unspecified atom stereocenters. The molecule has 4 heterocycles. The summed E-state index contributed by atoms with van der Waals surface area (Å²) in [6, 6.07) is 18.4. The van der Waals surface area contributed by atoms with Crippen LogP contribution < -0.4 is 38.5 Å². The normalized spacial score (nSPS) is 18.4. The second kappa shape index (κ2) is 12.3. The molecule has 4 aromatic carbocycles. The highest BCUT2D eigenvalue weighted by molar-refractivity contribution is 5.70. The van der Waals surface area contributed by atoms with Crippen molar-refractivity contribution in [3.05, 3.63) is 88.0 Å². The van der Waals surface area contributed by atoms with Gasteiger partial charge in [0.25, 0.3) is 0 Å². The fraction of sp³-hybridized carbons (Fsp3) is 0.351. The van der Waals surface area contributed by atoms with E-state index in [1.54, 1.807) is 35.5 Å². The molecular formula is C37H40N2O7. The van der Waals surface area contributed by atoms with Crippen molar-refractivity contribution in [1.82, 2.24) is 10.2 Å². The Bertz CT molecular complexity index is 1770. The molecule has 4 aromatic rings. The topological polar surface area (TPSA) is 79.9 Å². The summed E-state index contributed by atoms with van der Waals surface area (Å²) in [7, 11) is 10.4. The third-order valence-corrected chi connectivity index (χ3v) is 9.44. The first-order chi connectivity index (χ1) is 22.5. The lowest BCUT2D eigenvalue weighted by molar-refractivity contribution is 0.216. The van der Waals surface area contributed by atoms with Crippen LogP contribution in [-0.2, 0) is 19.3 Å². The van der Waals surface area contributed by atoms with Gasteiger partial charge in [-0.15, -0.1) is 0 Å². The zero-order valence-corrected chi connectivity index (χ0v) is 27.2. The van der Waals surface area contributed by atoms with Crippen molar-refractivity contribution in [3.8, 4) is 51.7 Å². The van der Waals surface area contributed by atoms with Crippen LogP contribution in [0.15, 0.2) is 54.6 Å². The largest absolute Gasteiger partial charge is 0.493 e. The van der Waals surface area contributed by atoms with E-state index in [0.717, 1.165) is 59.5 Å².